The van der Waals surface area contributed by atoms with Gasteiger partial charge in [0.2, 0.25) is 0 Å². The fourth-order valence-electron chi connectivity index (χ4n) is 2.77. The van der Waals surface area contributed by atoms with Crippen molar-refractivity contribution in [2.24, 2.45) is 5.10 Å². The second-order valence-corrected chi connectivity index (χ2v) is 7.96. The lowest BCUT2D eigenvalue weighted by Gasteiger charge is -2.07. The number of amides is 1. The van der Waals surface area contributed by atoms with E-state index in [1.54, 1.807) is 6.21 Å². The summed E-state index contributed by atoms with van der Waals surface area (Å²) in [4.78, 5) is 19.6. The smallest absolute Gasteiger partial charge is 0.250 e. The molecular formula is C23H19ClN4O2S. The number of rotatable bonds is 8. The molecule has 3 aromatic carbocycles. The number of aromatic nitrogens is 2. The largest absolute Gasteiger partial charge is 0.489 e. The van der Waals surface area contributed by atoms with Crippen molar-refractivity contribution in [3.63, 3.8) is 0 Å². The van der Waals surface area contributed by atoms with E-state index in [-0.39, 0.29) is 11.7 Å². The maximum atomic E-state index is 12.0. The van der Waals surface area contributed by atoms with Crippen LogP contribution in [0.2, 0.25) is 5.02 Å². The Balaban J connectivity index is 1.22. The van der Waals surface area contributed by atoms with Crippen LogP contribution in [0.25, 0.3) is 11.0 Å². The summed E-state index contributed by atoms with van der Waals surface area (Å²) < 4.78 is 5.76. The number of ether oxygens (including phenoxy) is 1. The van der Waals surface area contributed by atoms with E-state index in [1.807, 2.05) is 72.8 Å². The van der Waals surface area contributed by atoms with E-state index in [4.69, 9.17) is 16.3 Å². The zero-order chi connectivity index (χ0) is 21.5. The average Bonchev–Trinajstić information content (AvgIpc) is 3.21. The average molecular weight is 451 g/mol. The third kappa shape index (κ3) is 5.87. The first-order chi connectivity index (χ1) is 15.2. The second kappa shape index (κ2) is 10.1. The molecule has 0 atom stereocenters. The van der Waals surface area contributed by atoms with E-state index in [0.29, 0.717) is 16.8 Å². The molecule has 1 amide bonds. The molecule has 4 rings (SSSR count). The lowest BCUT2D eigenvalue weighted by atomic mass is 10.2. The van der Waals surface area contributed by atoms with Crippen LogP contribution in [0.3, 0.4) is 0 Å². The van der Waals surface area contributed by atoms with Gasteiger partial charge in [0.25, 0.3) is 5.91 Å². The van der Waals surface area contributed by atoms with Crippen molar-refractivity contribution in [1.82, 2.24) is 15.4 Å². The molecule has 1 aromatic heterocycles. The fraction of sp³-hybridized carbons (Fsp3) is 0.0870. The molecule has 0 saturated carbocycles. The van der Waals surface area contributed by atoms with E-state index in [1.165, 1.54) is 11.8 Å². The van der Waals surface area contributed by atoms with Crippen LogP contribution in [0.15, 0.2) is 83.1 Å². The number of fused-ring (bicyclic) bond motifs is 1. The minimum atomic E-state index is -0.207. The molecule has 156 valence electrons. The van der Waals surface area contributed by atoms with Gasteiger partial charge in [-0.2, -0.15) is 5.10 Å². The molecule has 0 spiro atoms. The first-order valence-corrected chi connectivity index (χ1v) is 10.9. The van der Waals surface area contributed by atoms with Crippen LogP contribution in [0.5, 0.6) is 5.75 Å². The molecule has 0 aliphatic rings. The summed E-state index contributed by atoms with van der Waals surface area (Å²) in [6.45, 7) is 0.395. The van der Waals surface area contributed by atoms with Crippen molar-refractivity contribution in [3.05, 3.63) is 88.9 Å². The SMILES string of the molecule is O=C(CSc1nc2ccccc2[nH]1)N/N=C\c1ccc(OCc2ccccc2Cl)cc1. The summed E-state index contributed by atoms with van der Waals surface area (Å²) in [7, 11) is 0. The number of aromatic amines is 1. The molecule has 0 aliphatic carbocycles. The van der Waals surface area contributed by atoms with Crippen LogP contribution in [0.1, 0.15) is 11.1 Å². The van der Waals surface area contributed by atoms with Gasteiger partial charge in [-0.05, 0) is 48.0 Å². The second-order valence-electron chi connectivity index (χ2n) is 6.59. The van der Waals surface area contributed by atoms with Gasteiger partial charge in [0.15, 0.2) is 5.16 Å². The molecule has 0 bridgehead atoms. The molecule has 2 N–H and O–H groups in total. The number of imidazole rings is 1. The predicted molar refractivity (Wildman–Crippen MR) is 125 cm³/mol. The number of hydrogen-bond donors (Lipinski definition) is 2. The van der Waals surface area contributed by atoms with Gasteiger partial charge in [-0.1, -0.05) is 53.7 Å². The Kier molecular flexibility index (Phi) is 6.86. The Morgan fingerprint density at radius 1 is 1.10 bits per heavy atom. The predicted octanol–water partition coefficient (Wildman–Crippen LogP) is 5.04. The number of hydrogen-bond acceptors (Lipinski definition) is 5. The highest BCUT2D eigenvalue weighted by molar-refractivity contribution is 7.99. The Hall–Kier alpha value is -3.29. The fourth-order valence-corrected chi connectivity index (χ4v) is 3.64. The van der Waals surface area contributed by atoms with Crippen molar-refractivity contribution >= 4 is 46.5 Å². The van der Waals surface area contributed by atoms with Crippen molar-refractivity contribution < 1.29 is 9.53 Å². The van der Waals surface area contributed by atoms with Crippen LogP contribution in [0.4, 0.5) is 0 Å². The maximum absolute atomic E-state index is 12.0. The number of hydrazone groups is 1. The van der Waals surface area contributed by atoms with E-state index >= 15 is 0 Å². The Labute approximate surface area is 188 Å². The number of halogens is 1. The third-order valence-electron chi connectivity index (χ3n) is 4.34. The van der Waals surface area contributed by atoms with Crippen LogP contribution in [-0.2, 0) is 11.4 Å². The maximum Gasteiger partial charge on any atom is 0.250 e. The van der Waals surface area contributed by atoms with Gasteiger partial charge >= 0.3 is 0 Å². The third-order valence-corrected chi connectivity index (χ3v) is 5.58. The summed E-state index contributed by atoms with van der Waals surface area (Å²) >= 11 is 7.46. The van der Waals surface area contributed by atoms with Crippen molar-refractivity contribution in [3.8, 4) is 5.75 Å². The van der Waals surface area contributed by atoms with Crippen LogP contribution < -0.4 is 10.2 Å². The van der Waals surface area contributed by atoms with Gasteiger partial charge < -0.3 is 9.72 Å². The first-order valence-electron chi connectivity index (χ1n) is 9.53. The van der Waals surface area contributed by atoms with Gasteiger partial charge in [-0.15, -0.1) is 0 Å². The Bertz CT molecular complexity index is 1170. The van der Waals surface area contributed by atoms with E-state index < -0.39 is 0 Å². The molecule has 8 heteroatoms. The summed E-state index contributed by atoms with van der Waals surface area (Å²) in [5, 5.41) is 5.39. The quantitative estimate of drug-likeness (QED) is 0.224. The lowest BCUT2D eigenvalue weighted by Crippen LogP contribution is -2.19. The molecule has 0 fully saturated rings. The molecule has 6 nitrogen and oxygen atoms in total. The summed E-state index contributed by atoms with van der Waals surface area (Å²) in [6.07, 6.45) is 1.58. The lowest BCUT2D eigenvalue weighted by molar-refractivity contribution is -0.118. The molecule has 31 heavy (non-hydrogen) atoms. The van der Waals surface area contributed by atoms with Crippen LogP contribution in [-0.4, -0.2) is 27.8 Å². The number of benzene rings is 3. The number of H-pyrrole nitrogens is 1. The number of carbonyl (C=O) groups is 1. The molecular weight excluding hydrogens is 432 g/mol. The van der Waals surface area contributed by atoms with Gasteiger partial charge in [0.1, 0.15) is 12.4 Å². The van der Waals surface area contributed by atoms with E-state index in [9.17, 15) is 4.79 Å². The number of nitrogens with zero attached hydrogens (tertiary/aromatic N) is 2. The first kappa shape index (κ1) is 21.0. The normalized spacial score (nSPS) is 11.1. The molecule has 1 heterocycles. The number of thioether (sulfide) groups is 1. The molecule has 0 saturated heterocycles. The van der Waals surface area contributed by atoms with Gasteiger partial charge in [-0.3, -0.25) is 4.79 Å². The monoisotopic (exact) mass is 450 g/mol. The minimum Gasteiger partial charge on any atom is -0.489 e. The zero-order valence-electron chi connectivity index (χ0n) is 16.4. The standard InChI is InChI=1S/C23H19ClN4O2S/c24-19-6-2-1-5-17(19)14-30-18-11-9-16(10-12-18)13-25-28-22(29)15-31-23-26-20-7-3-4-8-21(20)27-23/h1-13H,14-15H2,(H,26,27)(H,28,29)/b25-13-. The molecule has 4 aromatic rings. The van der Waals surface area contributed by atoms with Gasteiger partial charge in [0.05, 0.1) is 23.0 Å². The number of para-hydroxylation sites is 2. The minimum absolute atomic E-state index is 0.207. The summed E-state index contributed by atoms with van der Waals surface area (Å²) in [6, 6.07) is 22.7. The highest BCUT2D eigenvalue weighted by Gasteiger charge is 2.06. The van der Waals surface area contributed by atoms with Crippen molar-refractivity contribution in [2.45, 2.75) is 11.8 Å². The Morgan fingerprint density at radius 2 is 1.87 bits per heavy atom. The van der Waals surface area contributed by atoms with Crippen molar-refractivity contribution in [2.75, 3.05) is 5.75 Å². The van der Waals surface area contributed by atoms with Gasteiger partial charge in [0, 0.05) is 10.6 Å². The number of nitrogens with one attached hydrogen (secondary N) is 2. The van der Waals surface area contributed by atoms with E-state index in [2.05, 4.69) is 20.5 Å². The van der Waals surface area contributed by atoms with Crippen molar-refractivity contribution in [1.29, 1.82) is 0 Å². The molecule has 0 unspecified atom stereocenters. The van der Waals surface area contributed by atoms with Gasteiger partial charge in [-0.25, -0.2) is 10.4 Å². The van der Waals surface area contributed by atoms with Crippen LogP contribution in [0, 0.1) is 0 Å². The highest BCUT2D eigenvalue weighted by atomic mass is 35.5. The van der Waals surface area contributed by atoms with E-state index in [0.717, 1.165) is 27.9 Å². The summed E-state index contributed by atoms with van der Waals surface area (Å²) in [5.74, 6) is 0.733. The highest BCUT2D eigenvalue weighted by Crippen LogP contribution is 2.20. The summed E-state index contributed by atoms with van der Waals surface area (Å²) in [5.41, 5.74) is 6.12. The topological polar surface area (TPSA) is 79.4 Å². The molecule has 0 radical (unpaired) electrons. The zero-order valence-corrected chi connectivity index (χ0v) is 18.0. The van der Waals surface area contributed by atoms with Crippen LogP contribution >= 0.6 is 23.4 Å². The Morgan fingerprint density at radius 3 is 2.68 bits per heavy atom. The number of carbonyl (C=O) groups excluding carboxylic acids is 1. The molecule has 0 aliphatic heterocycles.